The maximum atomic E-state index is 2.20. The molecule has 0 heterocycles. The van der Waals surface area contributed by atoms with Crippen LogP contribution in [0.25, 0.3) is 0 Å². The molecule has 0 atom stereocenters. The van der Waals surface area contributed by atoms with Crippen molar-refractivity contribution in [3.63, 3.8) is 0 Å². The summed E-state index contributed by atoms with van der Waals surface area (Å²) < 4.78 is 1.98. The van der Waals surface area contributed by atoms with Gasteiger partial charge in [0, 0.05) is 11.1 Å². The molecule has 0 radical (unpaired) electrons. The van der Waals surface area contributed by atoms with Gasteiger partial charge in [0.2, 0.25) is 0 Å². The van der Waals surface area contributed by atoms with Crippen LogP contribution in [0.3, 0.4) is 0 Å². The Labute approximate surface area is 161 Å². The van der Waals surface area contributed by atoms with Crippen molar-refractivity contribution in [3.05, 3.63) is 71.8 Å². The molecule has 0 aliphatic heterocycles. The summed E-state index contributed by atoms with van der Waals surface area (Å²) in [4.78, 5) is 0. The highest BCUT2D eigenvalue weighted by Crippen LogP contribution is 2.05. The Kier molecular flexibility index (Phi) is 12.1. The minimum absolute atomic E-state index is 0. The van der Waals surface area contributed by atoms with E-state index >= 15 is 0 Å². The average Bonchev–Trinajstić information content (AvgIpc) is 2.38. The van der Waals surface area contributed by atoms with Gasteiger partial charge in [0.1, 0.15) is 13.1 Å². The normalized spacial score (nSPS) is 10.6. The van der Waals surface area contributed by atoms with Gasteiger partial charge in [-0.25, -0.2) is 0 Å². The summed E-state index contributed by atoms with van der Waals surface area (Å²) in [5.74, 6) is 0. The number of quaternary nitrogens is 2. The molecule has 2 aromatic rings. The first-order valence-electron chi connectivity index (χ1n) is 7.84. The third kappa shape index (κ3) is 13.4. The Morgan fingerprint density at radius 1 is 0.500 bits per heavy atom. The Hall–Kier alpha value is -1.06. The van der Waals surface area contributed by atoms with E-state index in [0.717, 1.165) is 22.1 Å². The molecular formula is C20H32Cl2N2. The van der Waals surface area contributed by atoms with Gasteiger partial charge in [0.25, 0.3) is 0 Å². The van der Waals surface area contributed by atoms with E-state index in [2.05, 4.69) is 103 Å². The van der Waals surface area contributed by atoms with Crippen LogP contribution >= 0.6 is 0 Å². The van der Waals surface area contributed by atoms with Crippen molar-refractivity contribution in [1.82, 2.24) is 0 Å². The highest BCUT2D eigenvalue weighted by atomic mass is 35.5. The van der Waals surface area contributed by atoms with Crippen molar-refractivity contribution in [1.29, 1.82) is 0 Å². The van der Waals surface area contributed by atoms with Gasteiger partial charge >= 0.3 is 0 Å². The molecule has 0 unspecified atom stereocenters. The van der Waals surface area contributed by atoms with E-state index in [1.165, 1.54) is 11.1 Å². The van der Waals surface area contributed by atoms with Gasteiger partial charge in [0.05, 0.1) is 42.3 Å². The van der Waals surface area contributed by atoms with Crippen LogP contribution in [-0.2, 0) is 13.1 Å². The third-order valence-corrected chi connectivity index (χ3v) is 3.00. The first-order valence-corrected chi connectivity index (χ1v) is 7.84. The number of halogens is 2. The SMILES string of the molecule is C[N+](C)(C)Cc1ccccc1.C[N+](C)(C)Cc1ccccc1.[Cl-].[Cl-]. The number of nitrogens with zero attached hydrogens (tertiary/aromatic N) is 2. The Balaban J connectivity index is 0. The van der Waals surface area contributed by atoms with E-state index in [1.54, 1.807) is 0 Å². The molecule has 2 aromatic carbocycles. The molecule has 136 valence electrons. The molecule has 2 rings (SSSR count). The van der Waals surface area contributed by atoms with Crippen LogP contribution in [0, 0.1) is 0 Å². The molecule has 0 amide bonds. The lowest BCUT2D eigenvalue weighted by molar-refractivity contribution is -0.884. The number of hydrogen-bond donors (Lipinski definition) is 0. The van der Waals surface area contributed by atoms with Gasteiger partial charge < -0.3 is 33.8 Å². The van der Waals surface area contributed by atoms with Crippen LogP contribution in [0.2, 0.25) is 0 Å². The summed E-state index contributed by atoms with van der Waals surface area (Å²) in [5.41, 5.74) is 2.81. The Morgan fingerprint density at radius 3 is 0.958 bits per heavy atom. The van der Waals surface area contributed by atoms with E-state index in [0.29, 0.717) is 0 Å². The minimum Gasteiger partial charge on any atom is -1.00 e. The lowest BCUT2D eigenvalue weighted by Crippen LogP contribution is -3.00. The van der Waals surface area contributed by atoms with Crippen molar-refractivity contribution in [2.24, 2.45) is 0 Å². The van der Waals surface area contributed by atoms with Crippen LogP contribution in [0.15, 0.2) is 60.7 Å². The topological polar surface area (TPSA) is 0 Å². The van der Waals surface area contributed by atoms with Crippen LogP contribution < -0.4 is 24.8 Å². The lowest BCUT2D eigenvalue weighted by Gasteiger charge is -2.23. The molecule has 0 spiro atoms. The summed E-state index contributed by atoms with van der Waals surface area (Å²) in [6.45, 7) is 2.20. The van der Waals surface area contributed by atoms with Gasteiger partial charge in [-0.05, 0) is 0 Å². The maximum absolute atomic E-state index is 2.20. The van der Waals surface area contributed by atoms with Crippen LogP contribution in [-0.4, -0.2) is 51.3 Å². The highest BCUT2D eigenvalue weighted by Gasteiger charge is 2.07. The zero-order valence-electron chi connectivity index (χ0n) is 15.8. The molecule has 0 N–H and O–H groups in total. The molecule has 0 saturated carbocycles. The van der Waals surface area contributed by atoms with E-state index < -0.39 is 0 Å². The molecule has 0 aliphatic rings. The van der Waals surface area contributed by atoms with Crippen molar-refractivity contribution in [3.8, 4) is 0 Å². The zero-order chi connectivity index (χ0) is 16.6. The Bertz CT molecular complexity index is 478. The van der Waals surface area contributed by atoms with E-state index in [1.807, 2.05) is 0 Å². The zero-order valence-corrected chi connectivity index (χ0v) is 17.3. The maximum Gasteiger partial charge on any atom is 0.104 e. The van der Waals surface area contributed by atoms with Crippen molar-refractivity contribution < 1.29 is 33.8 Å². The fourth-order valence-electron chi connectivity index (χ4n) is 2.26. The third-order valence-electron chi connectivity index (χ3n) is 3.00. The summed E-state index contributed by atoms with van der Waals surface area (Å²) in [6, 6.07) is 21.1. The Morgan fingerprint density at radius 2 is 0.750 bits per heavy atom. The second-order valence-corrected chi connectivity index (χ2v) is 7.87. The molecule has 0 aromatic heterocycles. The smallest absolute Gasteiger partial charge is 0.104 e. The van der Waals surface area contributed by atoms with E-state index in [9.17, 15) is 0 Å². The molecular weight excluding hydrogens is 339 g/mol. The molecule has 0 fully saturated rings. The standard InChI is InChI=1S/2C10H16N.2ClH/c2*1-11(2,3)9-10-7-5-4-6-8-10;;/h2*4-8H,9H2,1-3H3;2*1H/q2*+1;;/p-2. The van der Waals surface area contributed by atoms with Crippen LogP contribution in [0.1, 0.15) is 11.1 Å². The summed E-state index contributed by atoms with van der Waals surface area (Å²) in [6.07, 6.45) is 0. The van der Waals surface area contributed by atoms with Gasteiger partial charge in [-0.3, -0.25) is 0 Å². The molecule has 0 saturated heterocycles. The predicted octanol–water partition coefficient (Wildman–Crippen LogP) is -2.21. The van der Waals surface area contributed by atoms with Crippen molar-refractivity contribution >= 4 is 0 Å². The fraction of sp³-hybridized carbons (Fsp3) is 0.400. The lowest BCUT2D eigenvalue weighted by atomic mass is 10.2. The second-order valence-electron chi connectivity index (χ2n) is 7.87. The van der Waals surface area contributed by atoms with Crippen LogP contribution in [0.5, 0.6) is 0 Å². The monoisotopic (exact) mass is 370 g/mol. The predicted molar refractivity (Wildman–Crippen MR) is 96.4 cm³/mol. The van der Waals surface area contributed by atoms with Gasteiger partial charge in [-0.15, -0.1) is 0 Å². The quantitative estimate of drug-likeness (QED) is 0.535. The van der Waals surface area contributed by atoms with E-state index in [-0.39, 0.29) is 24.8 Å². The molecule has 0 bridgehead atoms. The van der Waals surface area contributed by atoms with Crippen LogP contribution in [0.4, 0.5) is 0 Å². The van der Waals surface area contributed by atoms with Gasteiger partial charge in [-0.2, -0.15) is 0 Å². The molecule has 2 nitrogen and oxygen atoms in total. The number of hydrogen-bond acceptors (Lipinski definition) is 0. The number of benzene rings is 2. The molecule has 4 heteroatoms. The van der Waals surface area contributed by atoms with Gasteiger partial charge in [-0.1, -0.05) is 60.7 Å². The first-order chi connectivity index (χ1) is 10.2. The minimum atomic E-state index is 0. The number of rotatable bonds is 4. The molecule has 24 heavy (non-hydrogen) atoms. The van der Waals surface area contributed by atoms with Gasteiger partial charge in [0.15, 0.2) is 0 Å². The van der Waals surface area contributed by atoms with E-state index in [4.69, 9.17) is 0 Å². The highest BCUT2D eigenvalue weighted by molar-refractivity contribution is 5.13. The summed E-state index contributed by atoms with van der Waals surface area (Å²) in [7, 11) is 13.2. The molecule has 0 aliphatic carbocycles. The fourth-order valence-corrected chi connectivity index (χ4v) is 2.26. The summed E-state index contributed by atoms with van der Waals surface area (Å²) >= 11 is 0. The first kappa shape index (κ1) is 25.2. The second kappa shape index (κ2) is 11.5. The average molecular weight is 371 g/mol. The summed E-state index contributed by atoms with van der Waals surface area (Å²) in [5, 5.41) is 0. The van der Waals surface area contributed by atoms with Crippen molar-refractivity contribution in [2.45, 2.75) is 13.1 Å². The van der Waals surface area contributed by atoms with Crippen molar-refractivity contribution in [2.75, 3.05) is 42.3 Å². The largest absolute Gasteiger partial charge is 1.00 e.